The number of carbonyl (C=O) groups is 2. The summed E-state index contributed by atoms with van der Waals surface area (Å²) in [6, 6.07) is 7.00. The van der Waals surface area contributed by atoms with Crippen LogP contribution in [0.4, 0.5) is 0 Å². The highest BCUT2D eigenvalue weighted by Crippen LogP contribution is 2.20. The Bertz CT molecular complexity index is 778. The highest BCUT2D eigenvalue weighted by molar-refractivity contribution is 6.30. The van der Waals surface area contributed by atoms with Crippen molar-refractivity contribution < 1.29 is 14.7 Å². The van der Waals surface area contributed by atoms with Gasteiger partial charge < -0.3 is 10.0 Å². The number of carboxylic acid groups (broad SMARTS) is 1. The van der Waals surface area contributed by atoms with E-state index in [2.05, 4.69) is 10.2 Å². The van der Waals surface area contributed by atoms with Crippen LogP contribution in [0.3, 0.4) is 0 Å². The molecule has 0 radical (unpaired) electrons. The summed E-state index contributed by atoms with van der Waals surface area (Å²) in [6.45, 7) is 2.32. The zero-order chi connectivity index (χ0) is 16.6. The first kappa shape index (κ1) is 18.2. The van der Waals surface area contributed by atoms with Gasteiger partial charge in [0.15, 0.2) is 5.69 Å². The lowest BCUT2D eigenvalue weighted by molar-refractivity contribution is -0.141. The maximum absolute atomic E-state index is 12.5. The number of amides is 1. The van der Waals surface area contributed by atoms with Gasteiger partial charge >= 0.3 is 5.97 Å². The number of carboxylic acids is 1. The van der Waals surface area contributed by atoms with Gasteiger partial charge in [-0.3, -0.25) is 9.59 Å². The number of carbonyl (C=O) groups excluding carboxylic acids is 1. The lowest BCUT2D eigenvalue weighted by atomic mass is 10.1. The molecule has 24 heavy (non-hydrogen) atoms. The molecule has 9 heteroatoms. The first-order valence-electron chi connectivity index (χ1n) is 7.17. The Hall–Kier alpha value is -2.12. The van der Waals surface area contributed by atoms with Crippen LogP contribution in [0.15, 0.2) is 24.3 Å². The van der Waals surface area contributed by atoms with Gasteiger partial charge in [-0.2, -0.15) is 9.90 Å². The molecule has 1 N–H and O–H groups in total. The summed E-state index contributed by atoms with van der Waals surface area (Å²) < 4.78 is 0. The number of benzene rings is 1. The highest BCUT2D eigenvalue weighted by Gasteiger charge is 2.33. The number of aliphatic carboxylic acids is 1. The topological polar surface area (TPSA) is 88.3 Å². The van der Waals surface area contributed by atoms with E-state index in [0.29, 0.717) is 29.4 Å². The van der Waals surface area contributed by atoms with Crippen molar-refractivity contribution in [3.05, 3.63) is 40.7 Å². The molecular formula is C15H16Cl2N4O3. The Kier molecular flexibility index (Phi) is 5.46. The molecule has 0 spiro atoms. The normalized spacial score (nSPS) is 16.8. The van der Waals surface area contributed by atoms with E-state index in [0.717, 1.165) is 0 Å². The minimum absolute atomic E-state index is 0. The molecule has 1 aliphatic rings. The van der Waals surface area contributed by atoms with Gasteiger partial charge in [0.25, 0.3) is 5.91 Å². The van der Waals surface area contributed by atoms with E-state index in [1.54, 1.807) is 31.2 Å². The smallest absolute Gasteiger partial charge is 0.308 e. The number of hydrogen-bond donors (Lipinski definition) is 1. The Morgan fingerprint density at radius 1 is 1.33 bits per heavy atom. The summed E-state index contributed by atoms with van der Waals surface area (Å²) in [5, 5.41) is 18.1. The summed E-state index contributed by atoms with van der Waals surface area (Å²) >= 11 is 5.95. The van der Waals surface area contributed by atoms with Gasteiger partial charge in [-0.1, -0.05) is 17.7 Å². The zero-order valence-electron chi connectivity index (χ0n) is 12.8. The van der Waals surface area contributed by atoms with Crippen LogP contribution in [0.2, 0.25) is 5.02 Å². The third-order valence-electron chi connectivity index (χ3n) is 3.85. The molecule has 1 saturated heterocycles. The van der Waals surface area contributed by atoms with Gasteiger partial charge in [-0.05, 0) is 31.5 Å². The zero-order valence-corrected chi connectivity index (χ0v) is 14.4. The van der Waals surface area contributed by atoms with E-state index in [-0.39, 0.29) is 30.6 Å². The van der Waals surface area contributed by atoms with Crippen molar-refractivity contribution in [2.24, 2.45) is 5.92 Å². The predicted octanol–water partition coefficient (Wildman–Crippen LogP) is 2.20. The molecule has 128 valence electrons. The van der Waals surface area contributed by atoms with Gasteiger partial charge in [0.05, 0.1) is 17.3 Å². The molecule has 1 amide bonds. The van der Waals surface area contributed by atoms with Crippen LogP contribution >= 0.6 is 24.0 Å². The molecule has 1 aromatic carbocycles. The second-order valence-corrected chi connectivity index (χ2v) is 5.91. The molecule has 1 fully saturated rings. The van der Waals surface area contributed by atoms with E-state index >= 15 is 0 Å². The van der Waals surface area contributed by atoms with Crippen molar-refractivity contribution in [3.63, 3.8) is 0 Å². The molecule has 1 aliphatic heterocycles. The van der Waals surface area contributed by atoms with Crippen molar-refractivity contribution in [2.45, 2.75) is 13.3 Å². The summed E-state index contributed by atoms with van der Waals surface area (Å²) in [4.78, 5) is 26.4. The van der Waals surface area contributed by atoms with Crippen molar-refractivity contribution in [1.29, 1.82) is 0 Å². The van der Waals surface area contributed by atoms with Gasteiger partial charge in [-0.25, -0.2) is 0 Å². The predicted molar refractivity (Wildman–Crippen MR) is 90.0 cm³/mol. The molecule has 7 nitrogen and oxygen atoms in total. The Balaban J connectivity index is 0.00000208. The lowest BCUT2D eigenvalue weighted by Gasteiger charge is -2.14. The largest absolute Gasteiger partial charge is 0.481 e. The number of rotatable bonds is 3. The van der Waals surface area contributed by atoms with Crippen LogP contribution in [-0.2, 0) is 4.79 Å². The molecule has 0 saturated carbocycles. The van der Waals surface area contributed by atoms with Crippen LogP contribution in [0.5, 0.6) is 0 Å². The first-order valence-corrected chi connectivity index (χ1v) is 7.55. The van der Waals surface area contributed by atoms with Crippen LogP contribution in [0.1, 0.15) is 22.6 Å². The van der Waals surface area contributed by atoms with Crippen molar-refractivity contribution >= 4 is 35.9 Å². The number of nitrogens with zero attached hydrogens (tertiary/aromatic N) is 4. The third-order valence-corrected chi connectivity index (χ3v) is 4.08. The lowest BCUT2D eigenvalue weighted by Crippen LogP contribution is -2.30. The molecule has 0 bridgehead atoms. The first-order chi connectivity index (χ1) is 11.0. The fourth-order valence-corrected chi connectivity index (χ4v) is 2.77. The second kappa shape index (κ2) is 7.19. The number of likely N-dealkylation sites (tertiary alicyclic amines) is 1. The maximum atomic E-state index is 12.5. The minimum atomic E-state index is -0.875. The second-order valence-electron chi connectivity index (χ2n) is 5.48. The molecule has 1 unspecified atom stereocenters. The maximum Gasteiger partial charge on any atom is 0.308 e. The van der Waals surface area contributed by atoms with Gasteiger partial charge in [0.1, 0.15) is 0 Å². The van der Waals surface area contributed by atoms with Crippen molar-refractivity contribution in [3.8, 4) is 5.69 Å². The summed E-state index contributed by atoms with van der Waals surface area (Å²) in [5.74, 6) is -1.68. The molecule has 2 aromatic rings. The standard InChI is InChI=1S/C15H15ClN4O3.ClH/c1-9-13(14(21)19-6-5-10(8-19)15(22)23)18-20(17-9)12-4-2-3-11(16)7-12;/h2-4,7,10H,5-6,8H2,1H3,(H,22,23);1H. The van der Waals surface area contributed by atoms with Crippen molar-refractivity contribution in [1.82, 2.24) is 19.9 Å². The van der Waals surface area contributed by atoms with Crippen LogP contribution in [0.25, 0.3) is 5.69 Å². The van der Waals surface area contributed by atoms with E-state index < -0.39 is 11.9 Å². The average molecular weight is 371 g/mol. The Labute approximate surface area is 149 Å². The highest BCUT2D eigenvalue weighted by atomic mass is 35.5. The Morgan fingerprint density at radius 3 is 2.71 bits per heavy atom. The summed E-state index contributed by atoms with van der Waals surface area (Å²) in [6.07, 6.45) is 0.461. The SMILES string of the molecule is Cc1nn(-c2cccc(Cl)c2)nc1C(=O)N1CCC(C(=O)O)C1.Cl. The number of hydrogen-bond acceptors (Lipinski definition) is 4. The van der Waals surface area contributed by atoms with Crippen LogP contribution in [-0.4, -0.2) is 50.0 Å². The number of aromatic nitrogens is 3. The minimum Gasteiger partial charge on any atom is -0.481 e. The summed E-state index contributed by atoms with van der Waals surface area (Å²) in [7, 11) is 0. The molecule has 1 atom stereocenters. The summed E-state index contributed by atoms with van der Waals surface area (Å²) in [5.41, 5.74) is 1.38. The quantitative estimate of drug-likeness (QED) is 0.894. The van der Waals surface area contributed by atoms with E-state index in [1.165, 1.54) is 9.70 Å². The van der Waals surface area contributed by atoms with Crippen LogP contribution < -0.4 is 0 Å². The fraction of sp³-hybridized carbons (Fsp3) is 0.333. The van der Waals surface area contributed by atoms with E-state index in [1.807, 2.05) is 0 Å². The number of aryl methyl sites for hydroxylation is 1. The third kappa shape index (κ3) is 3.52. The molecule has 2 heterocycles. The van der Waals surface area contributed by atoms with Crippen molar-refractivity contribution in [2.75, 3.05) is 13.1 Å². The van der Waals surface area contributed by atoms with Gasteiger partial charge in [0, 0.05) is 18.1 Å². The fourth-order valence-electron chi connectivity index (χ4n) is 2.59. The molecule has 1 aromatic heterocycles. The number of halogens is 2. The molecule has 0 aliphatic carbocycles. The molecular weight excluding hydrogens is 355 g/mol. The van der Waals surface area contributed by atoms with E-state index in [9.17, 15) is 9.59 Å². The van der Waals surface area contributed by atoms with Gasteiger partial charge in [0.2, 0.25) is 0 Å². The monoisotopic (exact) mass is 370 g/mol. The Morgan fingerprint density at radius 2 is 2.08 bits per heavy atom. The average Bonchev–Trinajstić information content (AvgIpc) is 3.13. The van der Waals surface area contributed by atoms with E-state index in [4.69, 9.17) is 16.7 Å². The van der Waals surface area contributed by atoms with Gasteiger partial charge in [-0.15, -0.1) is 17.5 Å². The van der Waals surface area contributed by atoms with Crippen LogP contribution in [0, 0.1) is 12.8 Å². The molecule has 3 rings (SSSR count).